The van der Waals surface area contributed by atoms with E-state index >= 15 is 0 Å². The minimum atomic E-state index is 0.120. The lowest BCUT2D eigenvalue weighted by molar-refractivity contribution is -0.131. The summed E-state index contributed by atoms with van der Waals surface area (Å²) < 4.78 is 0.743. The zero-order valence-corrected chi connectivity index (χ0v) is 14.4. The maximum absolute atomic E-state index is 12.5. The summed E-state index contributed by atoms with van der Waals surface area (Å²) >= 11 is 7.48. The normalized spacial score (nSPS) is 15.5. The number of hydrogen-bond donors (Lipinski definition) is 2. The highest BCUT2D eigenvalue weighted by Crippen LogP contribution is 2.30. The van der Waals surface area contributed by atoms with Crippen molar-refractivity contribution in [3.8, 4) is 0 Å². The number of fused-ring (bicyclic) bond motifs is 1. The van der Waals surface area contributed by atoms with Crippen molar-refractivity contribution >= 4 is 50.6 Å². The fourth-order valence-corrected chi connectivity index (χ4v) is 4.00. The number of aromatic amines is 1. The fourth-order valence-electron chi connectivity index (χ4n) is 2.95. The smallest absolute Gasteiger partial charge is 0.242 e. The van der Waals surface area contributed by atoms with E-state index in [4.69, 9.17) is 17.3 Å². The molecule has 1 aliphatic rings. The van der Waals surface area contributed by atoms with Crippen molar-refractivity contribution in [2.45, 2.75) is 6.54 Å². The number of thiophene rings is 1. The average Bonchev–Trinajstić information content (AvgIpc) is 3.16. The molecule has 0 spiro atoms. The standard InChI is InChI=1S/C16H16ClN5OS/c17-13-3-4-15(24-13)22-6-5-21(14(23)9-22)8-10-1-2-11-12(7-10)19-20-16(11)18/h1-4,7H,5-6,8-9H2,(H3,18,19,20). The Hall–Kier alpha value is -2.25. The molecule has 0 atom stereocenters. The van der Waals surface area contributed by atoms with E-state index in [1.54, 1.807) is 0 Å². The number of halogens is 1. The van der Waals surface area contributed by atoms with Gasteiger partial charge in [-0.3, -0.25) is 9.89 Å². The molecule has 0 bridgehead atoms. The van der Waals surface area contributed by atoms with Crippen LogP contribution in [0, 0.1) is 0 Å². The molecule has 4 rings (SSSR count). The van der Waals surface area contributed by atoms with Crippen LogP contribution in [-0.4, -0.2) is 40.6 Å². The van der Waals surface area contributed by atoms with Gasteiger partial charge in [-0.2, -0.15) is 5.10 Å². The van der Waals surface area contributed by atoms with E-state index in [0.29, 0.717) is 25.5 Å². The number of rotatable bonds is 3. The third kappa shape index (κ3) is 2.81. The van der Waals surface area contributed by atoms with Crippen LogP contribution in [-0.2, 0) is 11.3 Å². The van der Waals surface area contributed by atoms with Crippen molar-refractivity contribution in [3.63, 3.8) is 0 Å². The first-order valence-electron chi connectivity index (χ1n) is 7.61. The molecule has 0 radical (unpaired) electrons. The molecule has 0 unspecified atom stereocenters. The molecule has 0 aliphatic carbocycles. The number of hydrogen-bond acceptors (Lipinski definition) is 5. The first kappa shape index (κ1) is 15.3. The second kappa shape index (κ2) is 5.99. The lowest BCUT2D eigenvalue weighted by Gasteiger charge is -2.34. The zero-order valence-electron chi connectivity index (χ0n) is 12.8. The number of nitrogen functional groups attached to an aromatic ring is 1. The summed E-state index contributed by atoms with van der Waals surface area (Å²) in [5.41, 5.74) is 7.74. The highest BCUT2D eigenvalue weighted by atomic mass is 35.5. The van der Waals surface area contributed by atoms with Crippen LogP contribution in [0.2, 0.25) is 4.34 Å². The van der Waals surface area contributed by atoms with Crippen molar-refractivity contribution in [1.82, 2.24) is 15.1 Å². The largest absolute Gasteiger partial charge is 0.382 e. The molecular formula is C16H16ClN5OS. The summed E-state index contributed by atoms with van der Waals surface area (Å²) in [7, 11) is 0. The van der Waals surface area contributed by atoms with Gasteiger partial charge in [0.25, 0.3) is 0 Å². The van der Waals surface area contributed by atoms with Crippen LogP contribution in [0.5, 0.6) is 0 Å². The molecule has 1 fully saturated rings. The number of nitrogens with two attached hydrogens (primary N) is 1. The number of piperazine rings is 1. The van der Waals surface area contributed by atoms with E-state index in [0.717, 1.165) is 32.3 Å². The number of H-pyrrole nitrogens is 1. The van der Waals surface area contributed by atoms with Crippen LogP contribution in [0.1, 0.15) is 5.56 Å². The van der Waals surface area contributed by atoms with Gasteiger partial charge in [-0.25, -0.2) is 0 Å². The second-order valence-corrected chi connectivity index (χ2v) is 7.50. The topological polar surface area (TPSA) is 78.2 Å². The Morgan fingerprint density at radius 1 is 1.29 bits per heavy atom. The van der Waals surface area contributed by atoms with Gasteiger partial charge in [0.1, 0.15) is 0 Å². The van der Waals surface area contributed by atoms with Crippen molar-refractivity contribution in [2.24, 2.45) is 0 Å². The Kier molecular flexibility index (Phi) is 3.82. The summed E-state index contributed by atoms with van der Waals surface area (Å²) in [5.74, 6) is 0.617. The van der Waals surface area contributed by atoms with Crippen LogP contribution >= 0.6 is 22.9 Å². The molecule has 2 aromatic heterocycles. The SMILES string of the molecule is Nc1n[nH]c2cc(CN3CCN(c4ccc(Cl)s4)CC3=O)ccc12. The number of nitrogens with one attached hydrogen (secondary N) is 1. The van der Waals surface area contributed by atoms with Crippen molar-refractivity contribution in [3.05, 3.63) is 40.2 Å². The summed E-state index contributed by atoms with van der Waals surface area (Å²) in [6.07, 6.45) is 0. The molecule has 3 heterocycles. The van der Waals surface area contributed by atoms with Crippen molar-refractivity contribution in [1.29, 1.82) is 0 Å². The van der Waals surface area contributed by atoms with Crippen molar-refractivity contribution in [2.75, 3.05) is 30.3 Å². The maximum Gasteiger partial charge on any atom is 0.242 e. The Balaban J connectivity index is 1.46. The Bertz CT molecular complexity index is 905. The van der Waals surface area contributed by atoms with Crippen molar-refractivity contribution < 1.29 is 4.79 Å². The molecule has 6 nitrogen and oxygen atoms in total. The maximum atomic E-state index is 12.5. The van der Waals surface area contributed by atoms with Gasteiger partial charge in [0.15, 0.2) is 5.82 Å². The molecule has 3 N–H and O–H groups in total. The van der Waals surface area contributed by atoms with Crippen LogP contribution < -0.4 is 10.6 Å². The van der Waals surface area contributed by atoms with Crippen LogP contribution in [0.25, 0.3) is 10.9 Å². The predicted octanol–water partition coefficient (Wildman–Crippen LogP) is 2.71. The monoisotopic (exact) mass is 361 g/mol. The fraction of sp³-hybridized carbons (Fsp3) is 0.250. The number of aromatic nitrogens is 2. The van der Waals surface area contributed by atoms with Gasteiger partial charge in [-0.1, -0.05) is 17.7 Å². The van der Waals surface area contributed by atoms with Gasteiger partial charge in [0.05, 0.1) is 21.4 Å². The predicted molar refractivity (Wildman–Crippen MR) is 97.5 cm³/mol. The zero-order chi connectivity index (χ0) is 16.7. The molecule has 1 aromatic carbocycles. The molecule has 0 saturated carbocycles. The molecular weight excluding hydrogens is 346 g/mol. The van der Waals surface area contributed by atoms with Crippen LogP contribution in [0.3, 0.4) is 0 Å². The minimum Gasteiger partial charge on any atom is -0.382 e. The molecule has 124 valence electrons. The number of carbonyl (C=O) groups excluding carboxylic acids is 1. The highest BCUT2D eigenvalue weighted by molar-refractivity contribution is 7.19. The first-order valence-corrected chi connectivity index (χ1v) is 8.80. The number of anilines is 2. The van der Waals surface area contributed by atoms with E-state index in [1.807, 2.05) is 35.2 Å². The van der Waals surface area contributed by atoms with Crippen LogP contribution in [0.4, 0.5) is 10.8 Å². The van der Waals surface area contributed by atoms with Gasteiger partial charge < -0.3 is 15.5 Å². The molecule has 3 aromatic rings. The molecule has 1 amide bonds. The average molecular weight is 362 g/mol. The molecule has 1 saturated heterocycles. The Morgan fingerprint density at radius 2 is 2.17 bits per heavy atom. The van der Waals surface area contributed by atoms with Crippen LogP contribution in [0.15, 0.2) is 30.3 Å². The quantitative estimate of drug-likeness (QED) is 0.751. The van der Waals surface area contributed by atoms with Gasteiger partial charge in [0.2, 0.25) is 5.91 Å². The Morgan fingerprint density at radius 3 is 2.92 bits per heavy atom. The molecule has 1 aliphatic heterocycles. The van der Waals surface area contributed by atoms with E-state index in [2.05, 4.69) is 15.1 Å². The summed E-state index contributed by atoms with van der Waals surface area (Å²) in [6, 6.07) is 9.76. The lowest BCUT2D eigenvalue weighted by atomic mass is 10.1. The number of carbonyl (C=O) groups is 1. The van der Waals surface area contributed by atoms with E-state index in [9.17, 15) is 4.79 Å². The highest BCUT2D eigenvalue weighted by Gasteiger charge is 2.25. The van der Waals surface area contributed by atoms with E-state index in [-0.39, 0.29) is 5.91 Å². The van der Waals surface area contributed by atoms with Gasteiger partial charge in [0, 0.05) is 25.0 Å². The third-order valence-corrected chi connectivity index (χ3v) is 5.51. The number of nitrogens with zero attached hydrogens (tertiary/aromatic N) is 3. The second-order valence-electron chi connectivity index (χ2n) is 5.80. The summed E-state index contributed by atoms with van der Waals surface area (Å²) in [5, 5.41) is 8.86. The van der Waals surface area contributed by atoms with Gasteiger partial charge >= 0.3 is 0 Å². The minimum absolute atomic E-state index is 0.120. The third-order valence-electron chi connectivity index (χ3n) is 4.22. The molecule has 24 heavy (non-hydrogen) atoms. The molecule has 8 heteroatoms. The Labute approximate surface area is 147 Å². The summed E-state index contributed by atoms with van der Waals surface area (Å²) in [4.78, 5) is 16.4. The van der Waals surface area contributed by atoms with E-state index < -0.39 is 0 Å². The summed E-state index contributed by atoms with van der Waals surface area (Å²) in [6.45, 7) is 2.47. The number of benzene rings is 1. The van der Waals surface area contributed by atoms with Gasteiger partial charge in [-0.05, 0) is 29.8 Å². The number of amides is 1. The first-order chi connectivity index (χ1) is 11.6. The van der Waals surface area contributed by atoms with E-state index in [1.165, 1.54) is 11.3 Å². The van der Waals surface area contributed by atoms with Gasteiger partial charge in [-0.15, -0.1) is 11.3 Å². The lowest BCUT2D eigenvalue weighted by Crippen LogP contribution is -2.49.